The molecule has 0 saturated heterocycles. The predicted molar refractivity (Wildman–Crippen MR) is 75.7 cm³/mol. The second-order valence-electron chi connectivity index (χ2n) is 5.68. The highest BCUT2D eigenvalue weighted by Crippen LogP contribution is 2.20. The fraction of sp³-hybridized carbons (Fsp3) is 0.750. The molecule has 6 nitrogen and oxygen atoms in total. The van der Waals surface area contributed by atoms with E-state index >= 15 is 0 Å². The maximum Gasteiger partial charge on any atom is 0.244 e. The monoisotopic (exact) mass is 288 g/mol. The zero-order valence-corrected chi connectivity index (χ0v) is 13.3. The Labute approximate surface area is 115 Å². The molecule has 1 aromatic rings. The zero-order chi connectivity index (χ0) is 14.8. The van der Waals surface area contributed by atoms with Crippen molar-refractivity contribution in [2.45, 2.75) is 51.6 Å². The molecule has 1 heterocycles. The zero-order valence-electron chi connectivity index (χ0n) is 12.5. The van der Waals surface area contributed by atoms with E-state index in [1.54, 1.807) is 18.5 Å². The summed E-state index contributed by atoms with van der Waals surface area (Å²) in [7, 11) is -1.69. The molecule has 0 aliphatic rings. The molecular formula is C12H24N4O2S. The fourth-order valence-electron chi connectivity index (χ4n) is 1.96. The molecule has 1 rings (SSSR count). The molecule has 110 valence electrons. The normalized spacial score (nSPS) is 12.9. The number of nitrogens with one attached hydrogen (secondary N) is 2. The number of aryl methyl sites for hydroxylation is 1. The molecule has 0 radical (unpaired) electrons. The smallest absolute Gasteiger partial charge is 0.244 e. The average molecular weight is 288 g/mol. The first-order valence-electron chi connectivity index (χ1n) is 6.31. The Morgan fingerprint density at radius 2 is 1.84 bits per heavy atom. The summed E-state index contributed by atoms with van der Waals surface area (Å²) in [5.74, 6) is 0. The van der Waals surface area contributed by atoms with Crippen LogP contribution < -0.4 is 10.0 Å². The third kappa shape index (κ3) is 4.02. The highest BCUT2D eigenvalue weighted by Gasteiger charge is 2.28. The third-order valence-corrected chi connectivity index (χ3v) is 4.61. The fourth-order valence-corrected chi connectivity index (χ4v) is 3.79. The average Bonchev–Trinajstić information content (AvgIpc) is 2.47. The molecule has 0 aromatic carbocycles. The first-order valence-corrected chi connectivity index (χ1v) is 7.79. The lowest BCUT2D eigenvalue weighted by molar-refractivity contribution is 0.490. The lowest BCUT2D eigenvalue weighted by Gasteiger charge is -2.20. The molecule has 0 bridgehead atoms. The van der Waals surface area contributed by atoms with Crippen LogP contribution in [0.5, 0.6) is 0 Å². The number of likely N-dealkylation sites (N-methyl/N-ethyl adjacent to an activating group) is 1. The van der Waals surface area contributed by atoms with Gasteiger partial charge in [0.05, 0.1) is 17.9 Å². The van der Waals surface area contributed by atoms with Gasteiger partial charge in [0.15, 0.2) is 0 Å². The van der Waals surface area contributed by atoms with E-state index in [1.165, 1.54) is 0 Å². The van der Waals surface area contributed by atoms with Crippen molar-refractivity contribution < 1.29 is 8.42 Å². The molecule has 0 aliphatic carbocycles. The summed E-state index contributed by atoms with van der Waals surface area (Å²) in [4.78, 5) is 0.290. The van der Waals surface area contributed by atoms with Crippen molar-refractivity contribution in [2.75, 3.05) is 13.6 Å². The van der Waals surface area contributed by atoms with E-state index in [4.69, 9.17) is 0 Å². The summed E-state index contributed by atoms with van der Waals surface area (Å²) in [6, 6.07) is 0. The van der Waals surface area contributed by atoms with Crippen LogP contribution in [0.15, 0.2) is 4.90 Å². The molecule has 7 heteroatoms. The first kappa shape index (κ1) is 16.1. The second-order valence-corrected chi connectivity index (χ2v) is 7.30. The Balaban J connectivity index is 3.17. The van der Waals surface area contributed by atoms with Gasteiger partial charge in [0.1, 0.15) is 4.90 Å². The molecule has 0 fully saturated rings. The summed E-state index contributed by atoms with van der Waals surface area (Å²) in [5.41, 5.74) is 0.694. The van der Waals surface area contributed by atoms with E-state index in [1.807, 2.05) is 27.8 Å². The van der Waals surface area contributed by atoms with Crippen LogP contribution in [0.1, 0.15) is 32.2 Å². The molecule has 0 atom stereocenters. The van der Waals surface area contributed by atoms with Gasteiger partial charge < -0.3 is 5.32 Å². The minimum absolute atomic E-state index is 0.290. The minimum atomic E-state index is -3.54. The third-order valence-electron chi connectivity index (χ3n) is 2.60. The minimum Gasteiger partial charge on any atom is -0.318 e. The Bertz CT molecular complexity index is 541. The summed E-state index contributed by atoms with van der Waals surface area (Å²) in [5, 5.41) is 7.32. The van der Waals surface area contributed by atoms with Crippen LogP contribution in [-0.2, 0) is 16.6 Å². The Hall–Kier alpha value is -0.920. The van der Waals surface area contributed by atoms with E-state index in [-0.39, 0.29) is 0 Å². The topological polar surface area (TPSA) is 76.0 Å². The molecule has 0 unspecified atom stereocenters. The summed E-state index contributed by atoms with van der Waals surface area (Å²) >= 11 is 0. The first-order chi connectivity index (χ1) is 8.58. The van der Waals surface area contributed by atoms with Crippen LogP contribution in [0, 0.1) is 13.8 Å². The highest BCUT2D eigenvalue weighted by molar-refractivity contribution is 7.89. The van der Waals surface area contributed by atoms with Gasteiger partial charge in [0, 0.05) is 12.1 Å². The Morgan fingerprint density at radius 3 is 2.32 bits per heavy atom. The maximum atomic E-state index is 12.4. The van der Waals surface area contributed by atoms with E-state index < -0.39 is 15.6 Å². The molecule has 0 aliphatic heterocycles. The van der Waals surface area contributed by atoms with E-state index in [2.05, 4.69) is 15.1 Å². The van der Waals surface area contributed by atoms with Crippen LogP contribution in [0.3, 0.4) is 0 Å². The van der Waals surface area contributed by atoms with Gasteiger partial charge in [-0.3, -0.25) is 4.68 Å². The summed E-state index contributed by atoms with van der Waals surface area (Å²) in [6.45, 7) is 10.4. The highest BCUT2D eigenvalue weighted by atomic mass is 32.2. The van der Waals surface area contributed by atoms with Crippen molar-refractivity contribution in [2.24, 2.45) is 0 Å². The van der Waals surface area contributed by atoms with E-state index in [0.29, 0.717) is 22.8 Å². The van der Waals surface area contributed by atoms with Crippen molar-refractivity contribution in [3.8, 4) is 0 Å². The molecule has 1 aromatic heterocycles. The van der Waals surface area contributed by atoms with Crippen molar-refractivity contribution in [3.05, 3.63) is 11.4 Å². The van der Waals surface area contributed by atoms with Crippen molar-refractivity contribution in [1.82, 2.24) is 19.8 Å². The van der Waals surface area contributed by atoms with Crippen molar-refractivity contribution >= 4 is 10.0 Å². The largest absolute Gasteiger partial charge is 0.318 e. The van der Waals surface area contributed by atoms with Gasteiger partial charge in [-0.25, -0.2) is 13.1 Å². The summed E-state index contributed by atoms with van der Waals surface area (Å²) in [6.07, 6.45) is 0. The number of sulfonamides is 1. The molecule has 2 N–H and O–H groups in total. The van der Waals surface area contributed by atoms with Gasteiger partial charge in [0.25, 0.3) is 0 Å². The lowest BCUT2D eigenvalue weighted by atomic mass is 10.1. The Kier molecular flexibility index (Phi) is 4.76. The number of rotatable bonds is 5. The molecule has 19 heavy (non-hydrogen) atoms. The van der Waals surface area contributed by atoms with Gasteiger partial charge >= 0.3 is 0 Å². The SMILES string of the molecule is CNCCn1nc(C)c(S(=O)(=O)NC(C)(C)C)c1C. The van der Waals surface area contributed by atoms with Crippen LogP contribution in [0.2, 0.25) is 0 Å². The van der Waals surface area contributed by atoms with Gasteiger partial charge in [-0.05, 0) is 41.7 Å². The second kappa shape index (κ2) is 5.60. The molecule has 0 spiro atoms. The van der Waals surface area contributed by atoms with Crippen LogP contribution in [0.25, 0.3) is 0 Å². The quantitative estimate of drug-likeness (QED) is 0.840. The van der Waals surface area contributed by atoms with Crippen LogP contribution in [0.4, 0.5) is 0 Å². The van der Waals surface area contributed by atoms with Gasteiger partial charge in [-0.15, -0.1) is 0 Å². The van der Waals surface area contributed by atoms with E-state index in [9.17, 15) is 8.42 Å². The maximum absolute atomic E-state index is 12.4. The van der Waals surface area contributed by atoms with Gasteiger partial charge in [-0.2, -0.15) is 5.10 Å². The lowest BCUT2D eigenvalue weighted by Crippen LogP contribution is -2.40. The molecule has 0 saturated carbocycles. The van der Waals surface area contributed by atoms with Gasteiger partial charge in [-0.1, -0.05) is 0 Å². The number of nitrogens with zero attached hydrogens (tertiary/aromatic N) is 2. The van der Waals surface area contributed by atoms with Crippen LogP contribution in [-0.4, -0.2) is 37.3 Å². The standard InChI is InChI=1S/C12H24N4O2S/c1-9-11(19(17,18)15-12(3,4)5)10(2)16(14-9)8-7-13-6/h13,15H,7-8H2,1-6H3. The Morgan fingerprint density at radius 1 is 1.26 bits per heavy atom. The molecular weight excluding hydrogens is 264 g/mol. The predicted octanol–water partition coefficient (Wildman–Crippen LogP) is 0.796. The number of hydrogen-bond acceptors (Lipinski definition) is 4. The van der Waals surface area contributed by atoms with Crippen LogP contribution >= 0.6 is 0 Å². The van der Waals surface area contributed by atoms with Gasteiger partial charge in [0.2, 0.25) is 10.0 Å². The summed E-state index contributed by atoms with van der Waals surface area (Å²) < 4.78 is 29.2. The number of hydrogen-bond donors (Lipinski definition) is 2. The van der Waals surface area contributed by atoms with Crippen molar-refractivity contribution in [1.29, 1.82) is 0 Å². The molecule has 0 amide bonds. The number of aromatic nitrogens is 2. The van der Waals surface area contributed by atoms with Crippen molar-refractivity contribution in [3.63, 3.8) is 0 Å². The van der Waals surface area contributed by atoms with E-state index in [0.717, 1.165) is 6.54 Å².